The Morgan fingerprint density at radius 2 is 0.519 bits per heavy atom. The van der Waals surface area contributed by atoms with Crippen LogP contribution in [0.4, 0.5) is 0 Å². The van der Waals surface area contributed by atoms with Crippen LogP contribution in [0.1, 0.15) is 355 Å². The number of rotatable bonds is 63. The van der Waals surface area contributed by atoms with Crippen molar-refractivity contribution in [2.24, 2.45) is 0 Å². The van der Waals surface area contributed by atoms with E-state index in [1.807, 2.05) is 6.08 Å². The predicted octanol–water partition coefficient (Wildman–Crippen LogP) is 23.7. The molecule has 0 spiro atoms. The van der Waals surface area contributed by atoms with E-state index in [2.05, 4.69) is 87.6 Å². The average molecular weight is 1100 g/mol. The molecule has 0 heterocycles. The lowest BCUT2D eigenvalue weighted by Gasteiger charge is -2.18. The van der Waals surface area contributed by atoms with Gasteiger partial charge in [0.15, 0.2) is 6.10 Å². The molecule has 0 bridgehead atoms. The molecular weight excluding hydrogens is 973 g/mol. The lowest BCUT2D eigenvalue weighted by molar-refractivity contribution is -0.166. The highest BCUT2D eigenvalue weighted by atomic mass is 16.6. The second kappa shape index (κ2) is 67.4. The van der Waals surface area contributed by atoms with Crippen LogP contribution >= 0.6 is 0 Å². The molecular formula is C73H130O6. The highest BCUT2D eigenvalue weighted by Crippen LogP contribution is 2.18. The first-order chi connectivity index (χ1) is 39.0. The first-order valence-electron chi connectivity index (χ1n) is 34.4. The fourth-order valence-corrected chi connectivity index (χ4v) is 10.1. The van der Waals surface area contributed by atoms with Crippen molar-refractivity contribution in [3.63, 3.8) is 0 Å². The number of carbonyl (C=O) groups is 3. The third kappa shape index (κ3) is 65.5. The fraction of sp³-hybridized carbons (Fsp3) is 0.795. The summed E-state index contributed by atoms with van der Waals surface area (Å²) in [6.07, 6.45) is 88.2. The minimum atomic E-state index is -0.808. The van der Waals surface area contributed by atoms with E-state index in [4.69, 9.17) is 14.2 Å². The molecule has 0 aliphatic carbocycles. The van der Waals surface area contributed by atoms with E-state index in [-0.39, 0.29) is 37.5 Å². The van der Waals surface area contributed by atoms with Crippen molar-refractivity contribution in [3.05, 3.63) is 72.9 Å². The highest BCUT2D eigenvalue weighted by molar-refractivity contribution is 5.71. The van der Waals surface area contributed by atoms with Crippen molar-refractivity contribution in [2.45, 2.75) is 361 Å². The normalized spacial score (nSPS) is 12.5. The summed E-state index contributed by atoms with van der Waals surface area (Å²) in [4.78, 5) is 38.3. The minimum absolute atomic E-state index is 0.0979. The maximum atomic E-state index is 12.9. The second-order valence-electron chi connectivity index (χ2n) is 23.1. The predicted molar refractivity (Wildman–Crippen MR) is 344 cm³/mol. The van der Waals surface area contributed by atoms with Gasteiger partial charge in [-0.15, -0.1) is 0 Å². The zero-order valence-electron chi connectivity index (χ0n) is 52.6. The molecule has 0 aromatic carbocycles. The van der Waals surface area contributed by atoms with Crippen molar-refractivity contribution in [1.29, 1.82) is 0 Å². The first-order valence-corrected chi connectivity index (χ1v) is 34.4. The van der Waals surface area contributed by atoms with Crippen LogP contribution in [0.5, 0.6) is 0 Å². The topological polar surface area (TPSA) is 78.9 Å². The molecule has 1 atom stereocenters. The molecule has 6 heteroatoms. The van der Waals surface area contributed by atoms with Gasteiger partial charge < -0.3 is 14.2 Å². The van der Waals surface area contributed by atoms with Crippen LogP contribution in [0, 0.1) is 0 Å². The molecule has 0 saturated carbocycles. The summed E-state index contributed by atoms with van der Waals surface area (Å²) in [5.41, 5.74) is 0. The standard InChI is InChI=1S/C73H130O6/c1-4-7-10-13-16-19-22-25-27-29-30-31-32-33-34-35-36-37-38-39-40-41-42-44-45-48-51-54-57-60-63-66-72(75)78-69-70(68-77-71(74)65-62-59-56-53-50-47-24-21-18-15-12-9-6-3)79-73(76)67-64-61-58-55-52-49-46-43-28-26-23-20-17-14-11-8-5-2/h9,12,17-18,20-21,26,28,47,50,56,59,70H,4-8,10-11,13-16,19,22-25,27,29-46,48-49,51-55,57-58,60-69H2,1-3H3/b12-9-,20-17-,21-18-,28-26-,50-47-,59-56-. The van der Waals surface area contributed by atoms with Gasteiger partial charge in [0.2, 0.25) is 0 Å². The molecule has 6 nitrogen and oxygen atoms in total. The van der Waals surface area contributed by atoms with Crippen molar-refractivity contribution in [2.75, 3.05) is 13.2 Å². The molecule has 0 rings (SSSR count). The number of allylic oxidation sites excluding steroid dienone is 12. The molecule has 1 unspecified atom stereocenters. The summed E-state index contributed by atoms with van der Waals surface area (Å²) in [5, 5.41) is 0. The zero-order valence-corrected chi connectivity index (χ0v) is 52.6. The third-order valence-corrected chi connectivity index (χ3v) is 15.2. The Kier molecular flexibility index (Phi) is 64.7. The Hall–Kier alpha value is -3.15. The second-order valence-corrected chi connectivity index (χ2v) is 23.1. The molecule has 0 aromatic rings. The van der Waals surface area contributed by atoms with Crippen molar-refractivity contribution < 1.29 is 28.6 Å². The molecule has 0 aliphatic heterocycles. The van der Waals surface area contributed by atoms with Gasteiger partial charge in [-0.05, 0) is 77.0 Å². The van der Waals surface area contributed by atoms with Gasteiger partial charge in [-0.2, -0.15) is 0 Å². The molecule has 0 saturated heterocycles. The van der Waals surface area contributed by atoms with Gasteiger partial charge in [0.05, 0.1) is 0 Å². The molecule has 0 amide bonds. The Balaban J connectivity index is 4.18. The van der Waals surface area contributed by atoms with Crippen molar-refractivity contribution >= 4 is 17.9 Å². The van der Waals surface area contributed by atoms with Crippen LogP contribution in [0.15, 0.2) is 72.9 Å². The number of carbonyl (C=O) groups excluding carboxylic acids is 3. The van der Waals surface area contributed by atoms with Crippen molar-refractivity contribution in [3.8, 4) is 0 Å². The van der Waals surface area contributed by atoms with E-state index >= 15 is 0 Å². The zero-order chi connectivity index (χ0) is 57.1. The quantitative estimate of drug-likeness (QED) is 0.0261. The summed E-state index contributed by atoms with van der Waals surface area (Å²) < 4.78 is 16.9. The van der Waals surface area contributed by atoms with Gasteiger partial charge in [0.25, 0.3) is 0 Å². The number of esters is 3. The monoisotopic (exact) mass is 1100 g/mol. The summed E-state index contributed by atoms with van der Waals surface area (Å²) in [7, 11) is 0. The minimum Gasteiger partial charge on any atom is -0.462 e. The van der Waals surface area contributed by atoms with Crippen LogP contribution in [0.3, 0.4) is 0 Å². The number of ether oxygens (including phenoxy) is 3. The fourth-order valence-electron chi connectivity index (χ4n) is 10.1. The summed E-state index contributed by atoms with van der Waals surface area (Å²) in [5.74, 6) is -0.975. The smallest absolute Gasteiger partial charge is 0.306 e. The lowest BCUT2D eigenvalue weighted by Crippen LogP contribution is -2.30. The summed E-state index contributed by atoms with van der Waals surface area (Å²) in [6.45, 7) is 6.48. The SMILES string of the molecule is CC/C=C\C/C=C\C/C=C\C/C=C\CCC(=O)OCC(COC(=O)CCCCCCCCCCCCCCCCCCCCCCCCCCCCCCCCC)OC(=O)CCCCCCCCC/C=C\C/C=C\CCCCC. The Bertz CT molecular complexity index is 1450. The molecule has 0 aliphatic rings. The van der Waals surface area contributed by atoms with E-state index in [1.165, 1.54) is 231 Å². The van der Waals surface area contributed by atoms with Crippen molar-refractivity contribution in [1.82, 2.24) is 0 Å². The summed E-state index contributed by atoms with van der Waals surface area (Å²) in [6, 6.07) is 0. The molecule has 458 valence electrons. The van der Waals surface area contributed by atoms with Gasteiger partial charge in [-0.25, -0.2) is 0 Å². The van der Waals surface area contributed by atoms with Crippen LogP contribution < -0.4 is 0 Å². The highest BCUT2D eigenvalue weighted by Gasteiger charge is 2.19. The maximum absolute atomic E-state index is 12.9. The van der Waals surface area contributed by atoms with Gasteiger partial charge in [0.1, 0.15) is 13.2 Å². The van der Waals surface area contributed by atoms with E-state index in [0.717, 1.165) is 77.0 Å². The third-order valence-electron chi connectivity index (χ3n) is 15.2. The first kappa shape index (κ1) is 75.8. The molecule has 0 aromatic heterocycles. The van der Waals surface area contributed by atoms with Crippen LogP contribution in [0.25, 0.3) is 0 Å². The van der Waals surface area contributed by atoms with E-state index in [9.17, 15) is 14.4 Å². The van der Waals surface area contributed by atoms with Gasteiger partial charge in [0, 0.05) is 19.3 Å². The molecule has 79 heavy (non-hydrogen) atoms. The number of hydrogen-bond acceptors (Lipinski definition) is 6. The maximum Gasteiger partial charge on any atom is 0.306 e. The average Bonchev–Trinajstić information content (AvgIpc) is 3.45. The van der Waals surface area contributed by atoms with Gasteiger partial charge in [-0.3, -0.25) is 14.4 Å². The van der Waals surface area contributed by atoms with E-state index in [1.54, 1.807) is 0 Å². The van der Waals surface area contributed by atoms with Crippen LogP contribution in [0.2, 0.25) is 0 Å². The lowest BCUT2D eigenvalue weighted by atomic mass is 10.0. The van der Waals surface area contributed by atoms with E-state index in [0.29, 0.717) is 19.3 Å². The molecule has 0 fully saturated rings. The number of hydrogen-bond donors (Lipinski definition) is 0. The summed E-state index contributed by atoms with van der Waals surface area (Å²) >= 11 is 0. The Morgan fingerprint density at radius 1 is 0.266 bits per heavy atom. The number of unbranched alkanes of at least 4 members (excludes halogenated alkanes) is 40. The van der Waals surface area contributed by atoms with Crippen LogP contribution in [-0.2, 0) is 28.6 Å². The van der Waals surface area contributed by atoms with E-state index < -0.39 is 6.10 Å². The van der Waals surface area contributed by atoms with Gasteiger partial charge >= 0.3 is 17.9 Å². The van der Waals surface area contributed by atoms with Gasteiger partial charge in [-0.1, -0.05) is 331 Å². The Labute approximate surface area is 491 Å². The largest absolute Gasteiger partial charge is 0.462 e. The molecule has 0 N–H and O–H groups in total. The Morgan fingerprint density at radius 3 is 0.873 bits per heavy atom. The van der Waals surface area contributed by atoms with Crippen LogP contribution in [-0.4, -0.2) is 37.2 Å². The molecule has 0 radical (unpaired) electrons.